The number of nitrogens with one attached hydrogen (secondary N) is 1. The fourth-order valence-electron chi connectivity index (χ4n) is 1.91. The Morgan fingerprint density at radius 1 is 1.42 bits per heavy atom. The molecule has 12 heavy (non-hydrogen) atoms. The van der Waals surface area contributed by atoms with E-state index in [1.165, 1.54) is 31.4 Å². The lowest BCUT2D eigenvalue weighted by Crippen LogP contribution is -2.44. The maximum Gasteiger partial charge on any atom is 0.0298 e. The summed E-state index contributed by atoms with van der Waals surface area (Å²) >= 11 is 0. The summed E-state index contributed by atoms with van der Waals surface area (Å²) in [5.41, 5.74) is 9.09. The van der Waals surface area contributed by atoms with Crippen molar-refractivity contribution in [1.29, 1.82) is 0 Å². The summed E-state index contributed by atoms with van der Waals surface area (Å²) in [7, 11) is 0. The molecule has 1 aliphatic carbocycles. The van der Waals surface area contributed by atoms with Gasteiger partial charge in [-0.05, 0) is 31.6 Å². The third-order valence-electron chi connectivity index (χ3n) is 3.19. The fraction of sp³-hybridized carbons (Fsp3) is 0.800. The quantitative estimate of drug-likeness (QED) is 0.570. The van der Waals surface area contributed by atoms with Crippen molar-refractivity contribution in [3.8, 4) is 0 Å². The summed E-state index contributed by atoms with van der Waals surface area (Å²) in [4.78, 5) is 0. The second kappa shape index (κ2) is 3.09. The van der Waals surface area contributed by atoms with Crippen LogP contribution in [0.4, 0.5) is 0 Å². The first kappa shape index (κ1) is 8.11. The van der Waals surface area contributed by atoms with Gasteiger partial charge in [0, 0.05) is 18.3 Å². The van der Waals surface area contributed by atoms with Crippen molar-refractivity contribution in [1.82, 2.24) is 5.32 Å². The van der Waals surface area contributed by atoms with E-state index in [1.54, 1.807) is 5.57 Å². The van der Waals surface area contributed by atoms with Gasteiger partial charge in [-0.2, -0.15) is 0 Å². The summed E-state index contributed by atoms with van der Waals surface area (Å²) in [5.74, 6) is 0.661. The van der Waals surface area contributed by atoms with Crippen LogP contribution in [0, 0.1) is 5.92 Å². The predicted octanol–water partition coefficient (Wildman–Crippen LogP) is 1.38. The summed E-state index contributed by atoms with van der Waals surface area (Å²) in [6, 6.07) is 0.356. The van der Waals surface area contributed by atoms with Crippen LogP contribution in [0.3, 0.4) is 0 Å². The molecule has 3 N–H and O–H groups in total. The van der Waals surface area contributed by atoms with Gasteiger partial charge in [0.25, 0.3) is 0 Å². The molecule has 2 atom stereocenters. The van der Waals surface area contributed by atoms with Crippen molar-refractivity contribution >= 4 is 0 Å². The average Bonchev–Trinajstić information content (AvgIpc) is 1.93. The molecule has 2 fully saturated rings. The molecule has 0 aromatic heterocycles. The molecule has 1 saturated heterocycles. The molecule has 2 aliphatic rings. The first-order chi connectivity index (χ1) is 5.77. The Morgan fingerprint density at radius 3 is 2.67 bits per heavy atom. The van der Waals surface area contributed by atoms with E-state index in [4.69, 9.17) is 5.73 Å². The fourth-order valence-corrected chi connectivity index (χ4v) is 1.91. The van der Waals surface area contributed by atoms with Gasteiger partial charge in [-0.25, -0.2) is 0 Å². The maximum atomic E-state index is 5.91. The third kappa shape index (κ3) is 1.36. The van der Waals surface area contributed by atoms with E-state index < -0.39 is 0 Å². The number of rotatable bonds is 0. The Morgan fingerprint density at radius 2 is 2.17 bits per heavy atom. The van der Waals surface area contributed by atoms with Crippen LogP contribution in [-0.2, 0) is 0 Å². The molecule has 1 aliphatic heterocycles. The monoisotopic (exact) mass is 166 g/mol. The normalized spacial score (nSPS) is 35.8. The van der Waals surface area contributed by atoms with Crippen LogP contribution in [-0.4, -0.2) is 12.6 Å². The van der Waals surface area contributed by atoms with E-state index in [2.05, 4.69) is 12.2 Å². The summed E-state index contributed by atoms with van der Waals surface area (Å²) < 4.78 is 0. The van der Waals surface area contributed by atoms with Crippen LogP contribution in [0.15, 0.2) is 11.3 Å². The van der Waals surface area contributed by atoms with E-state index in [-0.39, 0.29) is 0 Å². The van der Waals surface area contributed by atoms with Gasteiger partial charge in [0.05, 0.1) is 0 Å². The Bertz CT molecular complexity index is 202. The maximum absolute atomic E-state index is 5.91. The smallest absolute Gasteiger partial charge is 0.0298 e. The molecule has 1 saturated carbocycles. The van der Waals surface area contributed by atoms with Crippen molar-refractivity contribution in [2.24, 2.45) is 11.7 Å². The topological polar surface area (TPSA) is 38.0 Å². The first-order valence-corrected chi connectivity index (χ1v) is 4.97. The molecular formula is C10H18N2. The molecule has 0 aromatic rings. The van der Waals surface area contributed by atoms with E-state index >= 15 is 0 Å². The molecule has 2 nitrogen and oxygen atoms in total. The largest absolute Gasteiger partial charge is 0.387 e. The second-order valence-corrected chi connectivity index (χ2v) is 4.16. The zero-order chi connectivity index (χ0) is 8.55. The minimum Gasteiger partial charge on any atom is -0.387 e. The number of allylic oxidation sites excluding steroid dienone is 2. The standard InChI is InChI=1S/C10H18N2/c1-7-5-10(8-3-2-4-8)12-6-9(7)11/h7,9,12H,2-6,11H2,1H3. The van der Waals surface area contributed by atoms with Gasteiger partial charge in [-0.15, -0.1) is 0 Å². The van der Waals surface area contributed by atoms with Crippen LogP contribution in [0.1, 0.15) is 32.6 Å². The predicted molar refractivity (Wildman–Crippen MR) is 50.6 cm³/mol. The second-order valence-electron chi connectivity index (χ2n) is 4.16. The molecular weight excluding hydrogens is 148 g/mol. The van der Waals surface area contributed by atoms with Crippen LogP contribution >= 0.6 is 0 Å². The van der Waals surface area contributed by atoms with Gasteiger partial charge in [0.15, 0.2) is 0 Å². The van der Waals surface area contributed by atoms with Gasteiger partial charge < -0.3 is 11.1 Å². The number of nitrogens with two attached hydrogens (primary N) is 1. The molecule has 2 rings (SSSR count). The molecule has 0 amide bonds. The van der Waals surface area contributed by atoms with E-state index in [9.17, 15) is 0 Å². The van der Waals surface area contributed by atoms with Crippen LogP contribution in [0.25, 0.3) is 0 Å². The summed E-state index contributed by atoms with van der Waals surface area (Å²) in [6.45, 7) is 3.23. The molecule has 2 heteroatoms. The van der Waals surface area contributed by atoms with Gasteiger partial charge >= 0.3 is 0 Å². The lowest BCUT2D eigenvalue weighted by molar-refractivity contribution is 0.378. The van der Waals surface area contributed by atoms with Gasteiger partial charge in [-0.3, -0.25) is 0 Å². The van der Waals surface area contributed by atoms with E-state index in [0.29, 0.717) is 12.0 Å². The third-order valence-corrected chi connectivity index (χ3v) is 3.19. The molecule has 68 valence electrons. The SMILES string of the molecule is CC1CC(=C2CCC2)NCC1N. The van der Waals surface area contributed by atoms with Gasteiger partial charge in [-0.1, -0.05) is 12.5 Å². The number of piperidine rings is 1. The Hall–Kier alpha value is -0.500. The van der Waals surface area contributed by atoms with E-state index in [0.717, 1.165) is 6.54 Å². The zero-order valence-electron chi connectivity index (χ0n) is 7.77. The molecule has 0 bridgehead atoms. The van der Waals surface area contributed by atoms with Crippen molar-refractivity contribution in [2.75, 3.05) is 6.54 Å². The van der Waals surface area contributed by atoms with Gasteiger partial charge in [0.1, 0.15) is 0 Å². The Kier molecular flexibility index (Phi) is 2.09. The van der Waals surface area contributed by atoms with E-state index in [1.807, 2.05) is 0 Å². The van der Waals surface area contributed by atoms with Crippen LogP contribution < -0.4 is 11.1 Å². The molecule has 0 radical (unpaired) electrons. The molecule has 0 spiro atoms. The zero-order valence-corrected chi connectivity index (χ0v) is 7.77. The van der Waals surface area contributed by atoms with Crippen LogP contribution in [0.5, 0.6) is 0 Å². The molecule has 0 aromatic carbocycles. The minimum atomic E-state index is 0.356. The first-order valence-electron chi connectivity index (χ1n) is 4.97. The van der Waals surface area contributed by atoms with Crippen molar-refractivity contribution in [2.45, 2.75) is 38.6 Å². The summed E-state index contributed by atoms with van der Waals surface area (Å²) in [5, 5.41) is 3.46. The minimum absolute atomic E-state index is 0.356. The summed E-state index contributed by atoms with van der Waals surface area (Å²) in [6.07, 6.45) is 5.21. The lowest BCUT2D eigenvalue weighted by atomic mass is 9.84. The van der Waals surface area contributed by atoms with Crippen molar-refractivity contribution in [3.05, 3.63) is 11.3 Å². The lowest BCUT2D eigenvalue weighted by Gasteiger charge is -2.33. The number of hydrogen-bond donors (Lipinski definition) is 2. The highest BCUT2D eigenvalue weighted by molar-refractivity contribution is 5.20. The highest BCUT2D eigenvalue weighted by Gasteiger charge is 2.23. The molecule has 2 unspecified atom stereocenters. The van der Waals surface area contributed by atoms with Gasteiger partial charge in [0.2, 0.25) is 0 Å². The molecule has 1 heterocycles. The average molecular weight is 166 g/mol. The Labute approximate surface area is 74.2 Å². The van der Waals surface area contributed by atoms with Crippen molar-refractivity contribution < 1.29 is 0 Å². The van der Waals surface area contributed by atoms with Crippen LogP contribution in [0.2, 0.25) is 0 Å². The highest BCUT2D eigenvalue weighted by Crippen LogP contribution is 2.31. The van der Waals surface area contributed by atoms with Crippen molar-refractivity contribution in [3.63, 3.8) is 0 Å². The Balaban J connectivity index is 2.02. The highest BCUT2D eigenvalue weighted by atomic mass is 14.9. The number of hydrogen-bond acceptors (Lipinski definition) is 2.